The van der Waals surface area contributed by atoms with Crippen LogP contribution in [0.2, 0.25) is 0 Å². The Morgan fingerprint density at radius 1 is 1.25 bits per heavy atom. The van der Waals surface area contributed by atoms with Crippen LogP contribution in [-0.2, 0) is 0 Å². The first-order chi connectivity index (χ1) is 7.77. The molecule has 1 aromatic rings. The molecule has 0 heterocycles. The Morgan fingerprint density at radius 2 is 2.06 bits per heavy atom. The lowest BCUT2D eigenvalue weighted by atomic mass is 10.3. The quantitative estimate of drug-likeness (QED) is 0.548. The maximum absolute atomic E-state index is 8.63. The molecule has 0 unspecified atom stereocenters. The Hall–Kier alpha value is -1.42. The van der Waals surface area contributed by atoms with Crippen molar-refractivity contribution < 1.29 is 14.6 Å². The van der Waals surface area contributed by atoms with Crippen LogP contribution in [0.25, 0.3) is 0 Å². The number of benzene rings is 1. The van der Waals surface area contributed by atoms with Crippen molar-refractivity contribution in [3.63, 3.8) is 0 Å². The van der Waals surface area contributed by atoms with Gasteiger partial charge in [0.15, 0.2) is 0 Å². The summed E-state index contributed by atoms with van der Waals surface area (Å²) in [5.41, 5.74) is 6.38. The Bertz CT molecular complexity index is 315. The summed E-state index contributed by atoms with van der Waals surface area (Å²) >= 11 is 0. The van der Waals surface area contributed by atoms with Crippen molar-refractivity contribution >= 4 is 5.69 Å². The molecular weight excluding hydrogens is 206 g/mol. The molecule has 90 valence electrons. The second-order valence-electron chi connectivity index (χ2n) is 3.47. The van der Waals surface area contributed by atoms with Gasteiger partial charge in [0.25, 0.3) is 0 Å². The molecule has 0 radical (unpaired) electrons. The van der Waals surface area contributed by atoms with Gasteiger partial charge in [-0.3, -0.25) is 0 Å². The summed E-state index contributed by atoms with van der Waals surface area (Å²) in [5, 5.41) is 8.63. The highest BCUT2D eigenvalue weighted by atomic mass is 16.5. The number of ether oxygens (including phenoxy) is 2. The van der Waals surface area contributed by atoms with Crippen LogP contribution in [0, 0.1) is 0 Å². The van der Waals surface area contributed by atoms with E-state index in [4.69, 9.17) is 20.3 Å². The third-order valence-corrected chi connectivity index (χ3v) is 2.02. The molecule has 1 rings (SSSR count). The van der Waals surface area contributed by atoms with Gasteiger partial charge >= 0.3 is 0 Å². The SMILES string of the molecule is CCCOc1cc(OCCCO)ccc1N. The standard InChI is InChI=1S/C12H19NO3/c1-2-7-16-12-9-10(4-5-11(12)13)15-8-3-6-14/h4-5,9,14H,2-3,6-8,13H2,1H3. The summed E-state index contributed by atoms with van der Waals surface area (Å²) < 4.78 is 10.9. The molecule has 0 fully saturated rings. The Balaban J connectivity index is 2.58. The van der Waals surface area contributed by atoms with Crippen LogP contribution in [0.1, 0.15) is 19.8 Å². The van der Waals surface area contributed by atoms with E-state index in [1.54, 1.807) is 18.2 Å². The first kappa shape index (κ1) is 12.6. The summed E-state index contributed by atoms with van der Waals surface area (Å²) in [4.78, 5) is 0. The van der Waals surface area contributed by atoms with E-state index in [1.165, 1.54) is 0 Å². The van der Waals surface area contributed by atoms with E-state index in [1.807, 2.05) is 6.92 Å². The lowest BCUT2D eigenvalue weighted by Crippen LogP contribution is -2.02. The molecular formula is C12H19NO3. The lowest BCUT2D eigenvalue weighted by molar-refractivity contribution is 0.232. The van der Waals surface area contributed by atoms with Crippen LogP contribution >= 0.6 is 0 Å². The molecule has 0 amide bonds. The molecule has 0 saturated carbocycles. The number of aliphatic hydroxyl groups is 1. The number of anilines is 1. The van der Waals surface area contributed by atoms with Crippen molar-refractivity contribution in [1.82, 2.24) is 0 Å². The average molecular weight is 225 g/mol. The molecule has 4 nitrogen and oxygen atoms in total. The van der Waals surface area contributed by atoms with Crippen LogP contribution in [0.15, 0.2) is 18.2 Å². The molecule has 0 saturated heterocycles. The van der Waals surface area contributed by atoms with Crippen LogP contribution in [-0.4, -0.2) is 24.9 Å². The number of hydrogen-bond acceptors (Lipinski definition) is 4. The highest BCUT2D eigenvalue weighted by Gasteiger charge is 2.02. The van der Waals surface area contributed by atoms with E-state index in [9.17, 15) is 0 Å². The molecule has 0 bridgehead atoms. The zero-order valence-electron chi connectivity index (χ0n) is 9.61. The van der Waals surface area contributed by atoms with E-state index >= 15 is 0 Å². The van der Waals surface area contributed by atoms with Gasteiger partial charge in [-0.2, -0.15) is 0 Å². The van der Waals surface area contributed by atoms with Gasteiger partial charge in [-0.05, 0) is 18.6 Å². The minimum absolute atomic E-state index is 0.133. The molecule has 3 N–H and O–H groups in total. The minimum Gasteiger partial charge on any atom is -0.493 e. The number of nitrogens with two attached hydrogens (primary N) is 1. The zero-order valence-corrected chi connectivity index (χ0v) is 9.61. The molecule has 16 heavy (non-hydrogen) atoms. The topological polar surface area (TPSA) is 64.7 Å². The first-order valence-electron chi connectivity index (χ1n) is 5.54. The molecule has 0 aromatic heterocycles. The van der Waals surface area contributed by atoms with Gasteiger partial charge < -0.3 is 20.3 Å². The molecule has 0 aliphatic rings. The van der Waals surface area contributed by atoms with Crippen LogP contribution in [0.5, 0.6) is 11.5 Å². The Morgan fingerprint density at radius 3 is 2.75 bits per heavy atom. The summed E-state index contributed by atoms with van der Waals surface area (Å²) in [5.74, 6) is 1.37. The van der Waals surface area contributed by atoms with Crippen molar-refractivity contribution in [2.24, 2.45) is 0 Å². The van der Waals surface area contributed by atoms with E-state index in [0.717, 1.165) is 6.42 Å². The van der Waals surface area contributed by atoms with Crippen molar-refractivity contribution in [2.45, 2.75) is 19.8 Å². The third kappa shape index (κ3) is 3.98. The Labute approximate surface area is 96.0 Å². The lowest BCUT2D eigenvalue weighted by Gasteiger charge is -2.10. The van der Waals surface area contributed by atoms with Gasteiger partial charge in [0.2, 0.25) is 0 Å². The number of aliphatic hydroxyl groups excluding tert-OH is 1. The van der Waals surface area contributed by atoms with Crippen LogP contribution in [0.3, 0.4) is 0 Å². The minimum atomic E-state index is 0.133. The highest BCUT2D eigenvalue weighted by Crippen LogP contribution is 2.27. The van der Waals surface area contributed by atoms with Gasteiger partial charge in [-0.1, -0.05) is 6.92 Å². The second kappa shape index (κ2) is 6.95. The average Bonchev–Trinajstić information content (AvgIpc) is 2.30. The van der Waals surface area contributed by atoms with Crippen molar-refractivity contribution in [3.05, 3.63) is 18.2 Å². The Kier molecular flexibility index (Phi) is 5.50. The van der Waals surface area contributed by atoms with Crippen molar-refractivity contribution in [3.8, 4) is 11.5 Å². The largest absolute Gasteiger partial charge is 0.493 e. The normalized spacial score (nSPS) is 10.1. The van der Waals surface area contributed by atoms with Gasteiger partial charge in [-0.25, -0.2) is 0 Å². The molecule has 1 aromatic carbocycles. The fourth-order valence-electron chi connectivity index (χ4n) is 1.20. The van der Waals surface area contributed by atoms with Gasteiger partial charge in [0.1, 0.15) is 11.5 Å². The van der Waals surface area contributed by atoms with E-state index in [2.05, 4.69) is 0 Å². The summed E-state index contributed by atoms with van der Waals surface area (Å²) in [7, 11) is 0. The fourth-order valence-corrected chi connectivity index (χ4v) is 1.20. The first-order valence-corrected chi connectivity index (χ1v) is 5.54. The smallest absolute Gasteiger partial charge is 0.145 e. The molecule has 0 aliphatic carbocycles. The monoisotopic (exact) mass is 225 g/mol. The van der Waals surface area contributed by atoms with Crippen molar-refractivity contribution in [1.29, 1.82) is 0 Å². The number of nitrogen functional groups attached to an aromatic ring is 1. The summed E-state index contributed by atoms with van der Waals surface area (Å²) in [6.07, 6.45) is 1.56. The maximum atomic E-state index is 8.63. The van der Waals surface area contributed by atoms with E-state index in [-0.39, 0.29) is 6.61 Å². The van der Waals surface area contributed by atoms with Gasteiger partial charge in [0.05, 0.1) is 18.9 Å². The predicted octanol–water partition coefficient (Wildman–Crippen LogP) is 1.82. The molecule has 4 heteroatoms. The van der Waals surface area contributed by atoms with Crippen LogP contribution < -0.4 is 15.2 Å². The van der Waals surface area contributed by atoms with Crippen molar-refractivity contribution in [2.75, 3.05) is 25.6 Å². The highest BCUT2D eigenvalue weighted by molar-refractivity contribution is 5.55. The van der Waals surface area contributed by atoms with E-state index < -0.39 is 0 Å². The molecule has 0 aliphatic heterocycles. The second-order valence-corrected chi connectivity index (χ2v) is 3.47. The zero-order chi connectivity index (χ0) is 11.8. The number of rotatable bonds is 7. The summed E-state index contributed by atoms with van der Waals surface area (Å²) in [6.45, 7) is 3.31. The van der Waals surface area contributed by atoms with Gasteiger partial charge in [-0.15, -0.1) is 0 Å². The molecule has 0 atom stereocenters. The number of hydrogen-bond donors (Lipinski definition) is 2. The van der Waals surface area contributed by atoms with E-state index in [0.29, 0.717) is 36.8 Å². The fraction of sp³-hybridized carbons (Fsp3) is 0.500. The maximum Gasteiger partial charge on any atom is 0.145 e. The van der Waals surface area contributed by atoms with Gasteiger partial charge in [0, 0.05) is 19.1 Å². The summed E-state index contributed by atoms with van der Waals surface area (Å²) in [6, 6.07) is 5.34. The van der Waals surface area contributed by atoms with Crippen LogP contribution in [0.4, 0.5) is 5.69 Å². The third-order valence-electron chi connectivity index (χ3n) is 2.02. The molecule has 0 spiro atoms. The predicted molar refractivity (Wildman–Crippen MR) is 63.8 cm³/mol.